The second-order valence-electron chi connectivity index (χ2n) is 7.02. The van der Waals surface area contributed by atoms with E-state index in [2.05, 4.69) is 30.8 Å². The lowest BCUT2D eigenvalue weighted by Gasteiger charge is -2.16. The Morgan fingerprint density at radius 3 is 2.74 bits per heavy atom. The van der Waals surface area contributed by atoms with Gasteiger partial charge in [0.05, 0.1) is 35.8 Å². The molecule has 3 rings (SSSR count). The number of methoxy groups -OCH3 is 1. The van der Waals surface area contributed by atoms with E-state index in [9.17, 15) is 19.7 Å². The van der Waals surface area contributed by atoms with Crippen molar-refractivity contribution in [2.45, 2.75) is 26.9 Å². The van der Waals surface area contributed by atoms with Gasteiger partial charge in [0.25, 0.3) is 5.56 Å². The van der Waals surface area contributed by atoms with Crippen molar-refractivity contribution in [2.24, 2.45) is 5.10 Å². The highest BCUT2D eigenvalue weighted by Gasteiger charge is 2.27. The van der Waals surface area contributed by atoms with Crippen LogP contribution >= 0.6 is 15.9 Å². The van der Waals surface area contributed by atoms with Crippen LogP contribution in [0.15, 0.2) is 44.7 Å². The Balaban J connectivity index is 2.09. The summed E-state index contributed by atoms with van der Waals surface area (Å²) < 4.78 is 17.5. The van der Waals surface area contributed by atoms with Crippen LogP contribution in [0.5, 0.6) is 11.5 Å². The van der Waals surface area contributed by atoms with Gasteiger partial charge in [0.15, 0.2) is 11.9 Å². The first-order valence-electron chi connectivity index (χ1n) is 10.1. The molecule has 0 fully saturated rings. The summed E-state index contributed by atoms with van der Waals surface area (Å²) in [6, 6.07) is 7.80. The molecule has 3 aromatic rings. The highest BCUT2D eigenvalue weighted by atomic mass is 79.9. The molecule has 0 unspecified atom stereocenters. The zero-order chi connectivity index (χ0) is 25.0. The van der Waals surface area contributed by atoms with Gasteiger partial charge in [-0.25, -0.2) is 9.78 Å². The third kappa shape index (κ3) is 5.22. The van der Waals surface area contributed by atoms with Gasteiger partial charge in [0.1, 0.15) is 5.82 Å². The standard InChI is InChI=1S/C22H21BrN4O7/c1-5-33-19-9-14(8-18(27(30)31)20(19)34-12(2)22(29)32-4)11-24-26-13(3)25-17-7-6-15(23)10-16(17)21(26)28/h6-12H,5H2,1-4H3/t12-/m0/s1. The second-order valence-corrected chi connectivity index (χ2v) is 7.94. The second kappa shape index (κ2) is 10.4. The van der Waals surface area contributed by atoms with Crippen molar-refractivity contribution < 1.29 is 23.9 Å². The SMILES string of the molecule is CCOc1cc(C=Nn2c(C)nc3ccc(Br)cc3c2=O)cc([N+](=O)[O-])c1O[C@@H](C)C(=O)OC. The van der Waals surface area contributed by atoms with Gasteiger partial charge < -0.3 is 14.2 Å². The van der Waals surface area contributed by atoms with Crippen LogP contribution in [0.2, 0.25) is 0 Å². The largest absolute Gasteiger partial charge is 0.490 e. The van der Waals surface area contributed by atoms with E-state index in [4.69, 9.17) is 9.47 Å². The molecule has 1 aromatic heterocycles. The highest BCUT2D eigenvalue weighted by molar-refractivity contribution is 9.10. The van der Waals surface area contributed by atoms with Gasteiger partial charge in [0, 0.05) is 16.1 Å². The number of ether oxygens (including phenoxy) is 3. The Hall–Kier alpha value is -3.80. The summed E-state index contributed by atoms with van der Waals surface area (Å²) in [6.45, 7) is 4.91. The normalized spacial score (nSPS) is 12.0. The zero-order valence-corrected chi connectivity index (χ0v) is 20.4. The molecule has 0 amide bonds. The van der Waals surface area contributed by atoms with Crippen molar-refractivity contribution in [1.29, 1.82) is 0 Å². The van der Waals surface area contributed by atoms with Crippen LogP contribution in [-0.4, -0.2) is 46.6 Å². The van der Waals surface area contributed by atoms with Crippen LogP contribution in [0.3, 0.4) is 0 Å². The van der Waals surface area contributed by atoms with Gasteiger partial charge in [-0.3, -0.25) is 14.9 Å². The molecule has 1 atom stereocenters. The van der Waals surface area contributed by atoms with E-state index in [-0.39, 0.29) is 23.7 Å². The van der Waals surface area contributed by atoms with Crippen molar-refractivity contribution in [3.8, 4) is 11.5 Å². The summed E-state index contributed by atoms with van der Waals surface area (Å²) in [5.74, 6) is -0.541. The first-order chi connectivity index (χ1) is 16.2. The number of halogens is 1. The van der Waals surface area contributed by atoms with Gasteiger partial charge in [-0.05, 0) is 45.0 Å². The van der Waals surface area contributed by atoms with E-state index >= 15 is 0 Å². The zero-order valence-electron chi connectivity index (χ0n) is 18.8. The average Bonchev–Trinajstić information content (AvgIpc) is 2.80. The number of hydrogen-bond acceptors (Lipinski definition) is 9. The fourth-order valence-corrected chi connectivity index (χ4v) is 3.47. The van der Waals surface area contributed by atoms with Crippen LogP contribution in [0.1, 0.15) is 25.2 Å². The van der Waals surface area contributed by atoms with Crippen LogP contribution in [0.4, 0.5) is 5.69 Å². The molecular weight excluding hydrogens is 512 g/mol. The molecule has 0 spiro atoms. The number of aromatic nitrogens is 2. The van der Waals surface area contributed by atoms with Crippen molar-refractivity contribution >= 4 is 44.7 Å². The van der Waals surface area contributed by atoms with Crippen molar-refractivity contribution in [2.75, 3.05) is 13.7 Å². The van der Waals surface area contributed by atoms with Gasteiger partial charge in [-0.2, -0.15) is 9.78 Å². The van der Waals surface area contributed by atoms with Gasteiger partial charge in [-0.15, -0.1) is 0 Å². The molecule has 0 aliphatic carbocycles. The van der Waals surface area contributed by atoms with Crippen LogP contribution < -0.4 is 15.0 Å². The maximum Gasteiger partial charge on any atom is 0.346 e. The third-order valence-corrected chi connectivity index (χ3v) is 5.17. The number of nitro benzene ring substituents is 1. The highest BCUT2D eigenvalue weighted by Crippen LogP contribution is 2.39. The minimum absolute atomic E-state index is 0.0403. The minimum atomic E-state index is -1.10. The quantitative estimate of drug-likeness (QED) is 0.186. The van der Waals surface area contributed by atoms with E-state index in [1.165, 1.54) is 32.4 Å². The lowest BCUT2D eigenvalue weighted by molar-refractivity contribution is -0.386. The van der Waals surface area contributed by atoms with Crippen molar-refractivity contribution in [1.82, 2.24) is 9.66 Å². The fraction of sp³-hybridized carbons (Fsp3) is 0.273. The lowest BCUT2D eigenvalue weighted by Crippen LogP contribution is -2.25. The number of aryl methyl sites for hydroxylation is 1. The molecule has 0 radical (unpaired) electrons. The average molecular weight is 533 g/mol. The summed E-state index contributed by atoms with van der Waals surface area (Å²) in [5, 5.41) is 16.3. The Bertz CT molecular complexity index is 1350. The summed E-state index contributed by atoms with van der Waals surface area (Å²) in [6.07, 6.45) is 0.176. The summed E-state index contributed by atoms with van der Waals surface area (Å²) in [4.78, 5) is 40.2. The Morgan fingerprint density at radius 1 is 1.35 bits per heavy atom. The molecule has 12 heteroatoms. The van der Waals surface area contributed by atoms with E-state index in [0.717, 1.165) is 4.68 Å². The number of rotatable bonds is 8. The van der Waals surface area contributed by atoms with Crippen LogP contribution in [0, 0.1) is 17.0 Å². The molecule has 0 saturated carbocycles. The number of esters is 1. The maximum atomic E-state index is 12.9. The maximum absolute atomic E-state index is 12.9. The molecule has 2 aromatic carbocycles. The molecule has 0 aliphatic heterocycles. The van der Waals surface area contributed by atoms with Gasteiger partial charge in [-0.1, -0.05) is 15.9 Å². The summed E-state index contributed by atoms with van der Waals surface area (Å²) in [5.41, 5.74) is -0.0410. The first-order valence-corrected chi connectivity index (χ1v) is 10.9. The first kappa shape index (κ1) is 24.8. The number of hydrogen-bond donors (Lipinski definition) is 0. The predicted molar refractivity (Wildman–Crippen MR) is 128 cm³/mol. The monoisotopic (exact) mass is 532 g/mol. The number of fused-ring (bicyclic) bond motifs is 1. The van der Waals surface area contributed by atoms with E-state index in [1.807, 2.05) is 0 Å². The third-order valence-electron chi connectivity index (χ3n) is 4.67. The van der Waals surface area contributed by atoms with E-state index in [0.29, 0.717) is 21.2 Å². The van der Waals surface area contributed by atoms with Crippen molar-refractivity contribution in [3.63, 3.8) is 0 Å². The van der Waals surface area contributed by atoms with Crippen LogP contribution in [-0.2, 0) is 9.53 Å². The number of benzene rings is 2. The molecule has 0 N–H and O–H groups in total. The van der Waals surface area contributed by atoms with E-state index in [1.54, 1.807) is 32.0 Å². The summed E-state index contributed by atoms with van der Waals surface area (Å²) in [7, 11) is 1.18. The molecule has 34 heavy (non-hydrogen) atoms. The van der Waals surface area contributed by atoms with Crippen LogP contribution in [0.25, 0.3) is 10.9 Å². The molecule has 0 aliphatic rings. The van der Waals surface area contributed by atoms with Crippen molar-refractivity contribution in [3.05, 3.63) is 66.7 Å². The number of carbonyl (C=O) groups excluding carboxylic acids is 1. The molecule has 1 heterocycles. The van der Waals surface area contributed by atoms with Gasteiger partial charge >= 0.3 is 11.7 Å². The summed E-state index contributed by atoms with van der Waals surface area (Å²) >= 11 is 3.33. The van der Waals surface area contributed by atoms with Gasteiger partial charge in [0.2, 0.25) is 5.75 Å². The molecule has 178 valence electrons. The van der Waals surface area contributed by atoms with E-state index < -0.39 is 28.2 Å². The molecule has 0 saturated heterocycles. The molecule has 0 bridgehead atoms. The minimum Gasteiger partial charge on any atom is -0.490 e. The topological polar surface area (TPSA) is 135 Å². The smallest absolute Gasteiger partial charge is 0.346 e. The predicted octanol–water partition coefficient (Wildman–Crippen LogP) is 3.60. The number of nitrogens with zero attached hydrogens (tertiary/aromatic N) is 4. The molecular formula is C22H21BrN4O7. The fourth-order valence-electron chi connectivity index (χ4n) is 3.11. The molecule has 11 nitrogen and oxygen atoms in total. The number of carbonyl (C=O) groups is 1. The lowest BCUT2D eigenvalue weighted by atomic mass is 10.1. The Labute approximate surface area is 202 Å². The Kier molecular flexibility index (Phi) is 7.61. The number of nitro groups is 1. The Morgan fingerprint density at radius 2 is 2.09 bits per heavy atom.